The number of pyridine rings is 1. The number of aromatic amines is 1. The van der Waals surface area contributed by atoms with Crippen LogP contribution in [0.5, 0.6) is 0 Å². The molecule has 0 unspecified atom stereocenters. The van der Waals surface area contributed by atoms with Crippen molar-refractivity contribution in [2.75, 3.05) is 37.6 Å². The minimum absolute atomic E-state index is 0.133. The maximum absolute atomic E-state index is 14.0. The Balaban J connectivity index is 1.29. The number of imidazole rings is 1. The number of H-pyrrole nitrogens is 1. The van der Waals surface area contributed by atoms with E-state index >= 15 is 0 Å². The van der Waals surface area contributed by atoms with Gasteiger partial charge in [-0.2, -0.15) is 0 Å². The van der Waals surface area contributed by atoms with Crippen LogP contribution in [0.3, 0.4) is 0 Å². The Bertz CT molecular complexity index is 1300. The van der Waals surface area contributed by atoms with Crippen LogP contribution in [0.1, 0.15) is 18.7 Å². The van der Waals surface area contributed by atoms with Crippen molar-refractivity contribution in [1.82, 2.24) is 19.9 Å². The van der Waals surface area contributed by atoms with Crippen LogP contribution in [0.4, 0.5) is 23.2 Å². The van der Waals surface area contributed by atoms with E-state index in [0.717, 1.165) is 42.8 Å². The predicted molar refractivity (Wildman–Crippen MR) is 115 cm³/mol. The zero-order valence-electron chi connectivity index (χ0n) is 17.4. The molecule has 0 saturated carbocycles. The number of rotatable bonds is 4. The van der Waals surface area contributed by atoms with Crippen LogP contribution in [0, 0.1) is 23.3 Å². The highest BCUT2D eigenvalue weighted by molar-refractivity contribution is 5.91. The van der Waals surface area contributed by atoms with Gasteiger partial charge in [-0.25, -0.2) is 22.5 Å². The van der Waals surface area contributed by atoms with E-state index in [1.54, 1.807) is 12.3 Å². The zero-order valence-corrected chi connectivity index (χ0v) is 17.4. The molecule has 1 atom stereocenters. The molecule has 0 amide bonds. The zero-order chi connectivity index (χ0) is 22.4. The quantitative estimate of drug-likeness (QED) is 0.370. The Morgan fingerprint density at radius 3 is 2.56 bits per heavy atom. The molecule has 3 heterocycles. The van der Waals surface area contributed by atoms with Crippen molar-refractivity contribution in [3.63, 3.8) is 0 Å². The molecule has 1 N–H and O–H groups in total. The van der Waals surface area contributed by atoms with Gasteiger partial charge in [-0.3, -0.25) is 9.88 Å². The summed E-state index contributed by atoms with van der Waals surface area (Å²) in [5.74, 6) is -3.26. The summed E-state index contributed by atoms with van der Waals surface area (Å²) in [6.45, 7) is 5.57. The topological polar surface area (TPSA) is 48.1 Å². The van der Waals surface area contributed by atoms with Crippen molar-refractivity contribution in [1.29, 1.82) is 0 Å². The summed E-state index contributed by atoms with van der Waals surface area (Å²) in [5, 5.41) is 0.785. The van der Waals surface area contributed by atoms with Crippen LogP contribution < -0.4 is 4.90 Å². The van der Waals surface area contributed by atoms with Gasteiger partial charge in [0.1, 0.15) is 22.7 Å². The molecule has 1 aliphatic heterocycles. The van der Waals surface area contributed by atoms with Crippen molar-refractivity contribution in [3.05, 3.63) is 65.6 Å². The van der Waals surface area contributed by atoms with Crippen molar-refractivity contribution >= 4 is 27.6 Å². The molecule has 0 bridgehead atoms. The molecule has 2 aromatic heterocycles. The third-order valence-electron chi connectivity index (χ3n) is 6.02. The molecule has 2 aromatic carbocycles. The molecule has 5 rings (SSSR count). The molecule has 1 aliphatic rings. The fourth-order valence-corrected chi connectivity index (χ4v) is 4.34. The molecule has 1 fully saturated rings. The first-order valence-corrected chi connectivity index (χ1v) is 10.5. The summed E-state index contributed by atoms with van der Waals surface area (Å²) in [6, 6.07) is 7.01. The van der Waals surface area contributed by atoms with Crippen molar-refractivity contribution in [2.24, 2.45) is 0 Å². The van der Waals surface area contributed by atoms with Gasteiger partial charge in [0.05, 0.1) is 5.52 Å². The first-order valence-electron chi connectivity index (χ1n) is 10.5. The lowest BCUT2D eigenvalue weighted by atomic mass is 10.1. The van der Waals surface area contributed by atoms with Crippen LogP contribution in [-0.4, -0.2) is 52.6 Å². The summed E-state index contributed by atoms with van der Waals surface area (Å²) < 4.78 is 55.2. The molecule has 5 nitrogen and oxygen atoms in total. The smallest absolute Gasteiger partial charge is 0.184 e. The van der Waals surface area contributed by atoms with E-state index in [4.69, 9.17) is 0 Å². The molecular formula is C23H21F4N5. The number of piperazine rings is 1. The lowest BCUT2D eigenvalue weighted by Crippen LogP contribution is -2.47. The van der Waals surface area contributed by atoms with E-state index in [0.29, 0.717) is 18.4 Å². The van der Waals surface area contributed by atoms with E-state index in [-0.39, 0.29) is 22.8 Å². The minimum atomic E-state index is -1.24. The average molecular weight is 443 g/mol. The van der Waals surface area contributed by atoms with Gasteiger partial charge in [-0.05, 0) is 24.3 Å². The van der Waals surface area contributed by atoms with E-state index in [9.17, 15) is 17.6 Å². The summed E-state index contributed by atoms with van der Waals surface area (Å²) in [7, 11) is 0. The van der Waals surface area contributed by atoms with Crippen LogP contribution in [0.25, 0.3) is 21.9 Å². The Morgan fingerprint density at radius 2 is 1.78 bits per heavy atom. The molecule has 32 heavy (non-hydrogen) atoms. The fraction of sp³-hybridized carbons (Fsp3) is 0.304. The molecule has 4 aromatic rings. The average Bonchev–Trinajstić information content (AvgIpc) is 3.24. The number of hydrogen-bond donors (Lipinski definition) is 1. The second kappa shape index (κ2) is 8.05. The maximum Gasteiger partial charge on any atom is 0.184 e. The second-order valence-electron chi connectivity index (χ2n) is 8.18. The van der Waals surface area contributed by atoms with Crippen molar-refractivity contribution in [3.8, 4) is 0 Å². The van der Waals surface area contributed by atoms with Crippen LogP contribution in [0.15, 0.2) is 36.5 Å². The second-order valence-corrected chi connectivity index (χ2v) is 8.18. The third kappa shape index (κ3) is 3.66. The van der Waals surface area contributed by atoms with Crippen LogP contribution in [0.2, 0.25) is 0 Å². The van der Waals surface area contributed by atoms with E-state index < -0.39 is 17.5 Å². The maximum atomic E-state index is 14.0. The summed E-state index contributed by atoms with van der Waals surface area (Å²) in [6.07, 6.45) is 1.73. The van der Waals surface area contributed by atoms with Crippen molar-refractivity contribution in [2.45, 2.75) is 12.8 Å². The molecule has 166 valence electrons. The number of aromatic nitrogens is 3. The minimum Gasteiger partial charge on any atom is -0.368 e. The normalized spacial score (nSPS) is 16.2. The summed E-state index contributed by atoms with van der Waals surface area (Å²) >= 11 is 0. The highest BCUT2D eigenvalue weighted by atomic mass is 19.2. The molecule has 0 spiro atoms. The Kier molecular flexibility index (Phi) is 5.21. The summed E-state index contributed by atoms with van der Waals surface area (Å²) in [4.78, 5) is 15.7. The van der Waals surface area contributed by atoms with Crippen LogP contribution >= 0.6 is 0 Å². The number of nitrogens with zero attached hydrogens (tertiary/aromatic N) is 4. The van der Waals surface area contributed by atoms with Crippen LogP contribution in [-0.2, 0) is 0 Å². The third-order valence-corrected chi connectivity index (χ3v) is 6.02. The van der Waals surface area contributed by atoms with E-state index in [1.165, 1.54) is 12.1 Å². The Morgan fingerprint density at radius 1 is 1.00 bits per heavy atom. The van der Waals surface area contributed by atoms with Gasteiger partial charge in [0.2, 0.25) is 0 Å². The van der Waals surface area contributed by atoms with Gasteiger partial charge >= 0.3 is 0 Å². The fourth-order valence-electron chi connectivity index (χ4n) is 4.34. The lowest BCUT2D eigenvalue weighted by molar-refractivity contribution is 0.244. The van der Waals surface area contributed by atoms with E-state index in [1.807, 2.05) is 13.0 Å². The number of hydrogen-bond acceptors (Lipinski definition) is 4. The number of halogens is 4. The van der Waals surface area contributed by atoms with Gasteiger partial charge in [0.15, 0.2) is 17.5 Å². The standard InChI is InChI=1S/C23H21F4N5/c1-13(23-29-21-17(26)11-16(25)20(27)22(21)30-23)12-31-6-8-32(9-7-31)19-4-5-28-18-3-2-14(24)10-15(18)19/h2-5,10-11,13H,6-9,12H2,1H3,(H,29,30)/t13-/m1/s1. The van der Waals surface area contributed by atoms with Gasteiger partial charge < -0.3 is 9.88 Å². The van der Waals surface area contributed by atoms with Gasteiger partial charge in [-0.15, -0.1) is 0 Å². The van der Waals surface area contributed by atoms with Gasteiger partial charge in [0, 0.05) is 62.0 Å². The summed E-state index contributed by atoms with van der Waals surface area (Å²) in [5.41, 5.74) is 1.27. The number of fused-ring (bicyclic) bond motifs is 2. The molecule has 1 saturated heterocycles. The lowest BCUT2D eigenvalue weighted by Gasteiger charge is -2.37. The van der Waals surface area contributed by atoms with E-state index in [2.05, 4.69) is 24.8 Å². The Labute approximate surface area is 181 Å². The first kappa shape index (κ1) is 20.7. The Hall–Kier alpha value is -3.20. The monoisotopic (exact) mass is 443 g/mol. The van der Waals surface area contributed by atoms with Gasteiger partial charge in [-0.1, -0.05) is 6.92 Å². The van der Waals surface area contributed by atoms with Gasteiger partial charge in [0.25, 0.3) is 0 Å². The molecular weight excluding hydrogens is 422 g/mol. The SMILES string of the molecule is C[C@H](CN1CCN(c2ccnc3ccc(F)cc23)CC1)c1nc2c(F)cc(F)c(F)c2[nH]1. The largest absolute Gasteiger partial charge is 0.368 e. The molecule has 0 aliphatic carbocycles. The highest BCUT2D eigenvalue weighted by Gasteiger charge is 2.24. The number of nitrogens with one attached hydrogen (secondary N) is 1. The number of anilines is 1. The molecule has 9 heteroatoms. The molecule has 0 radical (unpaired) electrons. The first-order chi connectivity index (χ1) is 15.4. The predicted octanol–water partition coefficient (Wildman–Crippen LogP) is 4.59. The highest BCUT2D eigenvalue weighted by Crippen LogP contribution is 2.28. The number of benzene rings is 2. The van der Waals surface area contributed by atoms with Crippen molar-refractivity contribution < 1.29 is 17.6 Å².